The minimum absolute atomic E-state index is 0.683. The summed E-state index contributed by atoms with van der Waals surface area (Å²) >= 11 is 1.79. The summed E-state index contributed by atoms with van der Waals surface area (Å²) < 4.78 is 0. The minimum atomic E-state index is 0.683. The highest BCUT2D eigenvalue weighted by atomic mass is 32.1. The zero-order valence-corrected chi connectivity index (χ0v) is 20.7. The first-order chi connectivity index (χ1) is 15.9. The number of nitrogens with zero attached hydrogens (tertiary/aromatic N) is 3. The first-order valence-corrected chi connectivity index (χ1v) is 12.2. The van der Waals surface area contributed by atoms with Crippen molar-refractivity contribution in [1.82, 2.24) is 20.4 Å². The van der Waals surface area contributed by atoms with Crippen LogP contribution in [0.15, 0.2) is 66.1 Å². The van der Waals surface area contributed by atoms with Gasteiger partial charge in [0.2, 0.25) is 0 Å². The van der Waals surface area contributed by atoms with Crippen LogP contribution < -0.4 is 16.0 Å². The van der Waals surface area contributed by atoms with Gasteiger partial charge in [0.1, 0.15) is 10.8 Å². The molecule has 0 saturated carbocycles. The van der Waals surface area contributed by atoms with Crippen LogP contribution in [-0.2, 0) is 6.54 Å². The lowest BCUT2D eigenvalue weighted by Crippen LogP contribution is -2.47. The predicted molar refractivity (Wildman–Crippen MR) is 142 cm³/mol. The van der Waals surface area contributed by atoms with Crippen LogP contribution in [0.3, 0.4) is 0 Å². The largest absolute Gasteiger partial charge is 0.384 e. The van der Waals surface area contributed by atoms with E-state index < -0.39 is 0 Å². The van der Waals surface area contributed by atoms with Gasteiger partial charge in [0.15, 0.2) is 0 Å². The summed E-state index contributed by atoms with van der Waals surface area (Å²) in [6, 6.07) is 8.72. The van der Waals surface area contributed by atoms with Crippen molar-refractivity contribution < 1.29 is 0 Å². The third-order valence-electron chi connectivity index (χ3n) is 5.86. The van der Waals surface area contributed by atoms with Crippen molar-refractivity contribution >= 4 is 33.5 Å². The van der Waals surface area contributed by atoms with Gasteiger partial charge in [-0.2, -0.15) is 0 Å². The summed E-state index contributed by atoms with van der Waals surface area (Å²) in [6.45, 7) is 17.1. The standard InChI is InChI=1S/C26H34N6S/c1-6-9-27-18(2)14-19(3)28-17-21-7-8-23-24(16-21)29-25(32-12-10-31(5)11-13-32)22-15-20(4)33-26(22)30-23/h6-9,15-16,27-28,30H,2-3,10-14,17H2,1,4-5H3/b9-6-. The maximum atomic E-state index is 5.20. The molecule has 0 atom stereocenters. The van der Waals surface area contributed by atoms with Crippen LogP contribution in [0, 0.1) is 6.92 Å². The number of fused-ring (bicyclic) bond motifs is 2. The lowest BCUT2D eigenvalue weighted by atomic mass is 10.1. The first kappa shape index (κ1) is 23.1. The van der Waals surface area contributed by atoms with E-state index in [1.165, 1.54) is 21.0 Å². The Hall–Kier alpha value is -3.03. The highest BCUT2D eigenvalue weighted by Gasteiger charge is 2.25. The molecule has 3 heterocycles. The van der Waals surface area contributed by atoms with Crippen LogP contribution in [0.5, 0.6) is 0 Å². The molecule has 1 aromatic heterocycles. The van der Waals surface area contributed by atoms with Gasteiger partial charge in [-0.15, -0.1) is 11.3 Å². The van der Waals surface area contributed by atoms with Gasteiger partial charge in [-0.25, -0.2) is 4.99 Å². The number of nitrogens with one attached hydrogen (secondary N) is 3. The molecule has 0 amide bonds. The van der Waals surface area contributed by atoms with Crippen LogP contribution in [-0.4, -0.2) is 48.9 Å². The average Bonchev–Trinajstić information content (AvgIpc) is 3.09. The summed E-state index contributed by atoms with van der Waals surface area (Å²) in [5, 5.41) is 11.4. The number of piperazine rings is 1. The lowest BCUT2D eigenvalue weighted by molar-refractivity contribution is 0.216. The maximum Gasteiger partial charge on any atom is 0.139 e. The Labute approximate surface area is 201 Å². The SMILES string of the molecule is C=C(CC(=C)NCc1ccc2c(c1)N=C(N1CCN(C)CC1)c1cc(C)sc1N2)N/C=C\C. The molecule has 2 aromatic rings. The molecule has 0 unspecified atom stereocenters. The monoisotopic (exact) mass is 462 g/mol. The Morgan fingerprint density at radius 2 is 1.97 bits per heavy atom. The van der Waals surface area contributed by atoms with Crippen molar-refractivity contribution in [3.63, 3.8) is 0 Å². The summed E-state index contributed by atoms with van der Waals surface area (Å²) in [7, 11) is 2.18. The van der Waals surface area contributed by atoms with Crippen LogP contribution in [0.4, 0.5) is 16.4 Å². The molecule has 0 spiro atoms. The lowest BCUT2D eigenvalue weighted by Gasteiger charge is -2.34. The zero-order valence-electron chi connectivity index (χ0n) is 19.9. The van der Waals surface area contributed by atoms with E-state index in [-0.39, 0.29) is 0 Å². The Bertz CT molecular complexity index is 1090. The number of rotatable bonds is 7. The summed E-state index contributed by atoms with van der Waals surface area (Å²) in [6.07, 6.45) is 4.51. The second-order valence-corrected chi connectivity index (χ2v) is 9.94. The second kappa shape index (κ2) is 10.3. The van der Waals surface area contributed by atoms with Gasteiger partial charge in [0.05, 0.1) is 16.9 Å². The van der Waals surface area contributed by atoms with Gasteiger partial charge in [0, 0.05) is 55.4 Å². The summed E-state index contributed by atoms with van der Waals surface area (Å²) in [5.74, 6) is 1.08. The molecule has 4 rings (SSSR count). The highest BCUT2D eigenvalue weighted by Crippen LogP contribution is 2.39. The summed E-state index contributed by atoms with van der Waals surface area (Å²) in [4.78, 5) is 11.3. The van der Waals surface area contributed by atoms with Crippen molar-refractivity contribution in [2.45, 2.75) is 26.8 Å². The second-order valence-electron chi connectivity index (χ2n) is 8.68. The van der Waals surface area contributed by atoms with E-state index >= 15 is 0 Å². The van der Waals surface area contributed by atoms with Crippen LogP contribution in [0.2, 0.25) is 0 Å². The van der Waals surface area contributed by atoms with Crippen molar-refractivity contribution in [3.8, 4) is 0 Å². The number of hydrogen-bond acceptors (Lipinski definition) is 7. The third kappa shape index (κ3) is 5.67. The fourth-order valence-electron chi connectivity index (χ4n) is 4.01. The van der Waals surface area contributed by atoms with E-state index in [0.717, 1.165) is 54.8 Å². The zero-order chi connectivity index (χ0) is 23.4. The number of amidine groups is 1. The van der Waals surface area contributed by atoms with Crippen molar-refractivity contribution in [1.29, 1.82) is 0 Å². The van der Waals surface area contributed by atoms with E-state index in [2.05, 4.69) is 77.1 Å². The number of thiophene rings is 1. The molecule has 0 radical (unpaired) electrons. The number of allylic oxidation sites excluding steroid dienone is 1. The molecule has 1 saturated heterocycles. The molecular weight excluding hydrogens is 428 g/mol. The molecule has 1 fully saturated rings. The van der Waals surface area contributed by atoms with Gasteiger partial charge in [-0.3, -0.25) is 0 Å². The van der Waals surface area contributed by atoms with Crippen LogP contribution in [0.1, 0.15) is 29.3 Å². The van der Waals surface area contributed by atoms with Gasteiger partial charge < -0.3 is 25.8 Å². The number of anilines is 2. The van der Waals surface area contributed by atoms with Crippen molar-refractivity contribution in [3.05, 3.63) is 77.1 Å². The third-order valence-corrected chi connectivity index (χ3v) is 6.83. The van der Waals surface area contributed by atoms with Gasteiger partial charge >= 0.3 is 0 Å². The highest BCUT2D eigenvalue weighted by molar-refractivity contribution is 7.16. The van der Waals surface area contributed by atoms with E-state index in [1.54, 1.807) is 11.3 Å². The number of likely N-dealkylation sites (N-methyl/N-ethyl adjacent to an activating group) is 1. The number of hydrogen-bond donors (Lipinski definition) is 3. The van der Waals surface area contributed by atoms with E-state index in [4.69, 9.17) is 4.99 Å². The molecule has 0 bridgehead atoms. The molecule has 2 aliphatic heterocycles. The van der Waals surface area contributed by atoms with E-state index in [9.17, 15) is 0 Å². The minimum Gasteiger partial charge on any atom is -0.384 e. The van der Waals surface area contributed by atoms with Crippen LogP contribution in [0.25, 0.3) is 0 Å². The van der Waals surface area contributed by atoms with E-state index in [1.807, 2.05) is 19.2 Å². The number of benzene rings is 1. The van der Waals surface area contributed by atoms with Crippen molar-refractivity contribution in [2.75, 3.05) is 38.5 Å². The Morgan fingerprint density at radius 1 is 1.18 bits per heavy atom. The number of aliphatic imine (C=N–C) groups is 1. The van der Waals surface area contributed by atoms with E-state index in [0.29, 0.717) is 13.0 Å². The normalized spacial score (nSPS) is 15.8. The molecule has 0 aliphatic carbocycles. The first-order valence-electron chi connectivity index (χ1n) is 11.4. The van der Waals surface area contributed by atoms with Gasteiger partial charge in [0.25, 0.3) is 0 Å². The van der Waals surface area contributed by atoms with Crippen LogP contribution >= 0.6 is 11.3 Å². The average molecular weight is 463 g/mol. The molecule has 3 N–H and O–H groups in total. The smallest absolute Gasteiger partial charge is 0.139 e. The maximum absolute atomic E-state index is 5.20. The van der Waals surface area contributed by atoms with Gasteiger partial charge in [-0.1, -0.05) is 25.3 Å². The molecule has 174 valence electrons. The predicted octanol–water partition coefficient (Wildman–Crippen LogP) is 5.07. The Kier molecular flexibility index (Phi) is 7.20. The fraction of sp³-hybridized carbons (Fsp3) is 0.346. The Balaban J connectivity index is 1.53. The molecule has 6 nitrogen and oxygen atoms in total. The topological polar surface area (TPSA) is 54.9 Å². The molecule has 1 aromatic carbocycles. The van der Waals surface area contributed by atoms with Crippen molar-refractivity contribution in [2.24, 2.45) is 4.99 Å². The molecular formula is C26H34N6S. The quantitative estimate of drug-likeness (QED) is 0.536. The molecule has 33 heavy (non-hydrogen) atoms. The molecule has 2 aliphatic rings. The van der Waals surface area contributed by atoms with Gasteiger partial charge in [-0.05, 0) is 50.9 Å². The molecule has 7 heteroatoms. The number of aryl methyl sites for hydroxylation is 1. The summed E-state index contributed by atoms with van der Waals surface area (Å²) in [5.41, 5.74) is 6.26. The Morgan fingerprint density at radius 3 is 2.73 bits per heavy atom. The fourth-order valence-corrected chi connectivity index (χ4v) is 4.93.